The van der Waals surface area contributed by atoms with E-state index in [1.165, 1.54) is 10.8 Å². The molecule has 0 saturated carbocycles. The zero-order valence-electron chi connectivity index (χ0n) is 9.78. The van der Waals surface area contributed by atoms with Gasteiger partial charge in [0, 0.05) is 15.2 Å². The van der Waals surface area contributed by atoms with Crippen LogP contribution in [-0.2, 0) is 0 Å². The van der Waals surface area contributed by atoms with Gasteiger partial charge < -0.3 is 4.42 Å². The van der Waals surface area contributed by atoms with Gasteiger partial charge in [0.05, 0.1) is 4.47 Å². The van der Waals surface area contributed by atoms with Crippen molar-refractivity contribution < 1.29 is 4.42 Å². The molecule has 3 aromatic carbocycles. The maximum absolute atomic E-state index is 5.98. The topological polar surface area (TPSA) is 13.1 Å². The fraction of sp³-hybridized carbons (Fsp3) is 0. The fourth-order valence-electron chi connectivity index (χ4n) is 2.50. The lowest BCUT2D eigenvalue weighted by Crippen LogP contribution is -1.75. The molecule has 0 amide bonds. The summed E-state index contributed by atoms with van der Waals surface area (Å²) in [6.45, 7) is 0. The second-order valence-electron chi connectivity index (χ2n) is 4.53. The van der Waals surface area contributed by atoms with Gasteiger partial charge in [-0.25, -0.2) is 0 Å². The van der Waals surface area contributed by atoms with E-state index < -0.39 is 0 Å². The second kappa shape index (κ2) is 4.09. The van der Waals surface area contributed by atoms with Crippen LogP contribution in [0.15, 0.2) is 61.9 Å². The third-order valence-electron chi connectivity index (χ3n) is 3.38. The monoisotopic (exact) mass is 374 g/mol. The highest BCUT2D eigenvalue weighted by atomic mass is 79.9. The number of fused-ring (bicyclic) bond motifs is 4. The van der Waals surface area contributed by atoms with Crippen LogP contribution in [0.1, 0.15) is 0 Å². The molecule has 0 radical (unpaired) electrons. The predicted molar refractivity (Wildman–Crippen MR) is 86.6 cm³/mol. The maximum atomic E-state index is 5.98. The molecule has 1 aromatic heterocycles. The lowest BCUT2D eigenvalue weighted by atomic mass is 10.1. The van der Waals surface area contributed by atoms with Gasteiger partial charge in [0.25, 0.3) is 0 Å². The van der Waals surface area contributed by atoms with E-state index in [1.54, 1.807) is 0 Å². The summed E-state index contributed by atoms with van der Waals surface area (Å²) in [5, 5.41) is 4.66. The van der Waals surface area contributed by atoms with Crippen molar-refractivity contribution in [1.29, 1.82) is 0 Å². The van der Waals surface area contributed by atoms with Crippen molar-refractivity contribution in [3.8, 4) is 0 Å². The van der Waals surface area contributed by atoms with Crippen molar-refractivity contribution in [2.24, 2.45) is 0 Å². The minimum absolute atomic E-state index is 0.909. The minimum Gasteiger partial charge on any atom is -0.455 e. The molecule has 1 nitrogen and oxygen atoms in total. The van der Waals surface area contributed by atoms with E-state index in [9.17, 15) is 0 Å². The van der Waals surface area contributed by atoms with Crippen LogP contribution >= 0.6 is 31.9 Å². The molecule has 0 N–H and O–H groups in total. The first-order chi connectivity index (χ1) is 9.24. The van der Waals surface area contributed by atoms with Gasteiger partial charge in [0.2, 0.25) is 0 Å². The Morgan fingerprint density at radius 3 is 2.53 bits per heavy atom. The molecule has 92 valence electrons. The van der Waals surface area contributed by atoms with Gasteiger partial charge in [-0.15, -0.1) is 0 Å². The Kier molecular flexibility index (Phi) is 2.47. The van der Waals surface area contributed by atoms with Crippen molar-refractivity contribution in [2.75, 3.05) is 0 Å². The van der Waals surface area contributed by atoms with E-state index in [-0.39, 0.29) is 0 Å². The van der Waals surface area contributed by atoms with E-state index >= 15 is 0 Å². The number of hydrogen-bond donors (Lipinski definition) is 0. The zero-order valence-corrected chi connectivity index (χ0v) is 13.0. The highest BCUT2D eigenvalue weighted by Crippen LogP contribution is 2.39. The molecule has 19 heavy (non-hydrogen) atoms. The average Bonchev–Trinajstić information content (AvgIpc) is 2.78. The molecular formula is C16H8Br2O. The second-order valence-corrected chi connectivity index (χ2v) is 6.24. The first kappa shape index (κ1) is 11.5. The molecule has 3 heteroatoms. The number of benzene rings is 3. The van der Waals surface area contributed by atoms with Crippen LogP contribution in [0, 0.1) is 0 Å². The third-order valence-corrected chi connectivity index (χ3v) is 4.67. The molecule has 0 fully saturated rings. The molecule has 0 bridgehead atoms. The van der Waals surface area contributed by atoms with Gasteiger partial charge in [-0.2, -0.15) is 0 Å². The fourth-order valence-corrected chi connectivity index (χ4v) is 3.51. The normalized spacial score (nSPS) is 11.7. The molecule has 0 unspecified atom stereocenters. The largest absolute Gasteiger partial charge is 0.455 e. The van der Waals surface area contributed by atoms with Gasteiger partial charge in [0.1, 0.15) is 11.2 Å². The lowest BCUT2D eigenvalue weighted by Gasteiger charge is -2.01. The van der Waals surface area contributed by atoms with E-state index in [0.29, 0.717) is 0 Å². The predicted octanol–water partition coefficient (Wildman–Crippen LogP) is 6.26. The van der Waals surface area contributed by atoms with Crippen molar-refractivity contribution in [2.45, 2.75) is 0 Å². The van der Waals surface area contributed by atoms with Crippen LogP contribution in [0.25, 0.3) is 32.7 Å². The SMILES string of the molecule is Brc1ccc2oc3c(Br)c4ccccc4cc3c2c1. The zero-order chi connectivity index (χ0) is 13.0. The van der Waals surface area contributed by atoms with E-state index in [4.69, 9.17) is 4.42 Å². The van der Waals surface area contributed by atoms with Crippen molar-refractivity contribution in [1.82, 2.24) is 0 Å². The van der Waals surface area contributed by atoms with Crippen LogP contribution in [0.5, 0.6) is 0 Å². The van der Waals surface area contributed by atoms with Gasteiger partial charge >= 0.3 is 0 Å². The van der Waals surface area contributed by atoms with E-state index in [2.05, 4.69) is 62.2 Å². The van der Waals surface area contributed by atoms with Crippen molar-refractivity contribution in [3.05, 3.63) is 57.5 Å². The lowest BCUT2D eigenvalue weighted by molar-refractivity contribution is 0.667. The minimum atomic E-state index is 0.909. The Balaban J connectivity index is 2.30. The summed E-state index contributed by atoms with van der Waals surface area (Å²) in [5.74, 6) is 0. The summed E-state index contributed by atoms with van der Waals surface area (Å²) < 4.78 is 8.06. The molecule has 0 aliphatic rings. The molecular weight excluding hydrogens is 368 g/mol. The summed E-state index contributed by atoms with van der Waals surface area (Å²) in [6.07, 6.45) is 0. The molecule has 0 spiro atoms. The van der Waals surface area contributed by atoms with Gasteiger partial charge in [-0.05, 0) is 51.0 Å². The van der Waals surface area contributed by atoms with Gasteiger partial charge in [-0.1, -0.05) is 40.2 Å². The van der Waals surface area contributed by atoms with E-state index in [0.717, 1.165) is 30.9 Å². The molecule has 0 aliphatic carbocycles. The molecule has 0 aliphatic heterocycles. The summed E-state index contributed by atoms with van der Waals surface area (Å²) in [5.41, 5.74) is 1.82. The Hall–Kier alpha value is -1.32. The van der Waals surface area contributed by atoms with Crippen LogP contribution in [-0.4, -0.2) is 0 Å². The molecule has 4 rings (SSSR count). The summed E-state index contributed by atoms with van der Waals surface area (Å²) in [6, 6.07) is 16.6. The van der Waals surface area contributed by atoms with Crippen LogP contribution < -0.4 is 0 Å². The van der Waals surface area contributed by atoms with Crippen LogP contribution in [0.3, 0.4) is 0 Å². The highest BCUT2D eigenvalue weighted by molar-refractivity contribution is 9.11. The Morgan fingerprint density at radius 1 is 0.789 bits per heavy atom. The standard InChI is InChI=1S/C16H8Br2O/c17-10-5-6-14-12(8-10)13-7-9-3-1-2-4-11(9)15(18)16(13)19-14/h1-8H. The third kappa shape index (κ3) is 1.65. The number of hydrogen-bond acceptors (Lipinski definition) is 1. The highest BCUT2D eigenvalue weighted by Gasteiger charge is 2.12. The Morgan fingerprint density at radius 2 is 1.63 bits per heavy atom. The number of furan rings is 1. The first-order valence-electron chi connectivity index (χ1n) is 5.93. The number of rotatable bonds is 0. The molecule has 0 atom stereocenters. The Labute approximate surface area is 126 Å². The van der Waals surface area contributed by atoms with Crippen LogP contribution in [0.2, 0.25) is 0 Å². The summed E-state index contributed by atoms with van der Waals surface area (Å²) >= 11 is 7.19. The molecule has 1 heterocycles. The van der Waals surface area contributed by atoms with Gasteiger partial charge in [-0.3, -0.25) is 0 Å². The molecule has 4 aromatic rings. The van der Waals surface area contributed by atoms with Gasteiger partial charge in [0.15, 0.2) is 0 Å². The summed E-state index contributed by atoms with van der Waals surface area (Å²) in [7, 11) is 0. The maximum Gasteiger partial charge on any atom is 0.150 e. The van der Waals surface area contributed by atoms with E-state index in [1.807, 2.05) is 18.2 Å². The first-order valence-corrected chi connectivity index (χ1v) is 7.51. The Bertz CT molecular complexity index is 938. The molecule has 0 saturated heterocycles. The average molecular weight is 376 g/mol. The quantitative estimate of drug-likeness (QED) is 0.353. The smallest absolute Gasteiger partial charge is 0.150 e. The summed E-state index contributed by atoms with van der Waals surface area (Å²) in [4.78, 5) is 0. The van der Waals surface area contributed by atoms with Crippen LogP contribution in [0.4, 0.5) is 0 Å². The van der Waals surface area contributed by atoms with Crippen molar-refractivity contribution in [3.63, 3.8) is 0 Å². The van der Waals surface area contributed by atoms with Crippen molar-refractivity contribution >= 4 is 64.6 Å². The number of halogens is 2.